The predicted molar refractivity (Wildman–Crippen MR) is 72.2 cm³/mol. The topological polar surface area (TPSA) is 42.7 Å². The Morgan fingerprint density at radius 3 is 2.83 bits per heavy atom. The van der Waals surface area contributed by atoms with Crippen molar-refractivity contribution in [2.45, 2.75) is 32.9 Å². The normalized spacial score (nSPS) is 10.7. The standard InChI is InChI=1S/C14H20N4/c1-2-6-16-10-14-11-17-12-18(14)9-5-13-3-7-15-8-4-13/h3-4,7-8,11-12,16H,2,5-6,9-10H2,1H3. The predicted octanol–water partition coefficient (Wildman–Crippen LogP) is 2.02. The lowest BCUT2D eigenvalue weighted by atomic mass is 10.2. The van der Waals surface area contributed by atoms with Crippen molar-refractivity contribution >= 4 is 0 Å². The number of imidazole rings is 1. The van der Waals surface area contributed by atoms with Gasteiger partial charge in [0.1, 0.15) is 0 Å². The van der Waals surface area contributed by atoms with Crippen molar-refractivity contribution in [1.29, 1.82) is 0 Å². The van der Waals surface area contributed by atoms with Gasteiger partial charge in [0.15, 0.2) is 0 Å². The molecule has 0 atom stereocenters. The Kier molecular flexibility index (Phi) is 4.90. The van der Waals surface area contributed by atoms with Gasteiger partial charge in [-0.25, -0.2) is 4.98 Å². The second-order valence-corrected chi connectivity index (χ2v) is 4.36. The molecule has 0 aliphatic heterocycles. The lowest BCUT2D eigenvalue weighted by molar-refractivity contribution is 0.604. The number of rotatable bonds is 7. The van der Waals surface area contributed by atoms with E-state index in [-0.39, 0.29) is 0 Å². The number of nitrogens with one attached hydrogen (secondary N) is 1. The van der Waals surface area contributed by atoms with Gasteiger partial charge in [0.25, 0.3) is 0 Å². The molecule has 4 heteroatoms. The second kappa shape index (κ2) is 6.91. The van der Waals surface area contributed by atoms with E-state index in [1.165, 1.54) is 11.3 Å². The van der Waals surface area contributed by atoms with E-state index in [0.717, 1.165) is 32.5 Å². The molecule has 2 heterocycles. The average molecular weight is 244 g/mol. The van der Waals surface area contributed by atoms with E-state index in [1.54, 1.807) is 0 Å². The molecule has 0 saturated heterocycles. The highest BCUT2D eigenvalue weighted by Crippen LogP contribution is 2.04. The lowest BCUT2D eigenvalue weighted by Crippen LogP contribution is -2.17. The van der Waals surface area contributed by atoms with Crippen molar-refractivity contribution in [3.63, 3.8) is 0 Å². The van der Waals surface area contributed by atoms with Crippen LogP contribution in [-0.4, -0.2) is 21.1 Å². The van der Waals surface area contributed by atoms with Crippen molar-refractivity contribution in [2.75, 3.05) is 6.54 Å². The molecule has 0 aliphatic rings. The zero-order chi connectivity index (χ0) is 12.6. The molecule has 0 unspecified atom stereocenters. The van der Waals surface area contributed by atoms with Gasteiger partial charge in [-0.15, -0.1) is 0 Å². The summed E-state index contributed by atoms with van der Waals surface area (Å²) in [5, 5.41) is 3.41. The Hall–Kier alpha value is -1.68. The molecule has 0 amide bonds. The molecule has 0 fully saturated rings. The van der Waals surface area contributed by atoms with Crippen molar-refractivity contribution in [3.8, 4) is 0 Å². The maximum atomic E-state index is 4.22. The Balaban J connectivity index is 1.87. The van der Waals surface area contributed by atoms with Gasteiger partial charge in [0.2, 0.25) is 0 Å². The third-order valence-electron chi connectivity index (χ3n) is 2.92. The maximum absolute atomic E-state index is 4.22. The summed E-state index contributed by atoms with van der Waals surface area (Å²) in [6.07, 6.45) is 9.70. The minimum Gasteiger partial charge on any atom is -0.333 e. The van der Waals surface area contributed by atoms with Gasteiger partial charge >= 0.3 is 0 Å². The zero-order valence-electron chi connectivity index (χ0n) is 10.8. The van der Waals surface area contributed by atoms with Gasteiger partial charge in [-0.1, -0.05) is 6.92 Å². The summed E-state index contributed by atoms with van der Waals surface area (Å²) >= 11 is 0. The second-order valence-electron chi connectivity index (χ2n) is 4.36. The SMILES string of the molecule is CCCNCc1cncn1CCc1ccncc1. The van der Waals surface area contributed by atoms with E-state index in [1.807, 2.05) is 24.9 Å². The first-order chi connectivity index (χ1) is 8.90. The fourth-order valence-corrected chi connectivity index (χ4v) is 1.89. The summed E-state index contributed by atoms with van der Waals surface area (Å²) in [7, 11) is 0. The fraction of sp³-hybridized carbons (Fsp3) is 0.429. The number of aromatic nitrogens is 3. The first-order valence-electron chi connectivity index (χ1n) is 6.48. The molecule has 18 heavy (non-hydrogen) atoms. The van der Waals surface area contributed by atoms with Crippen molar-refractivity contribution in [2.24, 2.45) is 0 Å². The quantitative estimate of drug-likeness (QED) is 0.758. The summed E-state index contributed by atoms with van der Waals surface area (Å²) < 4.78 is 2.21. The molecule has 0 aromatic carbocycles. The lowest BCUT2D eigenvalue weighted by Gasteiger charge is -2.08. The van der Waals surface area contributed by atoms with E-state index < -0.39 is 0 Å². The van der Waals surface area contributed by atoms with Gasteiger partial charge < -0.3 is 9.88 Å². The molecule has 96 valence electrons. The van der Waals surface area contributed by atoms with Crippen molar-refractivity contribution in [3.05, 3.63) is 48.3 Å². The maximum Gasteiger partial charge on any atom is 0.0948 e. The first kappa shape index (κ1) is 12.8. The molecule has 1 N–H and O–H groups in total. The summed E-state index contributed by atoms with van der Waals surface area (Å²) in [4.78, 5) is 8.25. The number of hydrogen-bond acceptors (Lipinski definition) is 3. The Morgan fingerprint density at radius 1 is 1.22 bits per heavy atom. The van der Waals surface area contributed by atoms with Crippen LogP contribution in [0.25, 0.3) is 0 Å². The van der Waals surface area contributed by atoms with Crippen LogP contribution in [0.5, 0.6) is 0 Å². The van der Waals surface area contributed by atoms with Crippen molar-refractivity contribution in [1.82, 2.24) is 19.9 Å². The van der Waals surface area contributed by atoms with Crippen LogP contribution in [0.15, 0.2) is 37.1 Å². The van der Waals surface area contributed by atoms with Gasteiger partial charge in [0, 0.05) is 31.7 Å². The number of hydrogen-bond donors (Lipinski definition) is 1. The van der Waals surface area contributed by atoms with Crippen LogP contribution in [0.1, 0.15) is 24.6 Å². The molecule has 0 aliphatic carbocycles. The molecule has 0 saturated carbocycles. The monoisotopic (exact) mass is 244 g/mol. The number of aryl methyl sites for hydroxylation is 2. The van der Waals surface area contributed by atoms with Crippen LogP contribution in [0, 0.1) is 0 Å². The highest BCUT2D eigenvalue weighted by molar-refractivity contribution is 5.10. The molecule has 2 rings (SSSR count). The first-order valence-corrected chi connectivity index (χ1v) is 6.48. The van der Waals surface area contributed by atoms with Crippen LogP contribution >= 0.6 is 0 Å². The van der Waals surface area contributed by atoms with Crippen LogP contribution in [0.4, 0.5) is 0 Å². The third kappa shape index (κ3) is 3.67. The van der Waals surface area contributed by atoms with E-state index in [4.69, 9.17) is 0 Å². The van der Waals surface area contributed by atoms with Crippen molar-refractivity contribution < 1.29 is 0 Å². The molecule has 2 aromatic rings. The van der Waals surface area contributed by atoms with E-state index >= 15 is 0 Å². The number of pyridine rings is 1. The van der Waals surface area contributed by atoms with Gasteiger partial charge in [0.05, 0.1) is 12.0 Å². The number of nitrogens with zero attached hydrogens (tertiary/aromatic N) is 3. The molecular weight excluding hydrogens is 224 g/mol. The third-order valence-corrected chi connectivity index (χ3v) is 2.92. The van der Waals surface area contributed by atoms with Crippen LogP contribution < -0.4 is 5.32 Å². The van der Waals surface area contributed by atoms with E-state index in [0.29, 0.717) is 0 Å². The fourth-order valence-electron chi connectivity index (χ4n) is 1.89. The summed E-state index contributed by atoms with van der Waals surface area (Å²) in [5.41, 5.74) is 2.56. The Bertz CT molecular complexity index is 450. The molecule has 0 bridgehead atoms. The Labute approximate surface area is 108 Å². The minimum atomic E-state index is 0.893. The Morgan fingerprint density at radius 2 is 2.06 bits per heavy atom. The molecule has 2 aromatic heterocycles. The highest BCUT2D eigenvalue weighted by Gasteiger charge is 2.01. The zero-order valence-corrected chi connectivity index (χ0v) is 10.8. The van der Waals surface area contributed by atoms with Crippen LogP contribution in [0.2, 0.25) is 0 Å². The van der Waals surface area contributed by atoms with Gasteiger partial charge in [-0.05, 0) is 37.1 Å². The van der Waals surface area contributed by atoms with E-state index in [9.17, 15) is 0 Å². The highest BCUT2D eigenvalue weighted by atomic mass is 15.1. The summed E-state index contributed by atoms with van der Waals surface area (Å²) in [6, 6.07) is 4.12. The summed E-state index contributed by atoms with van der Waals surface area (Å²) in [5.74, 6) is 0. The molecule has 0 spiro atoms. The van der Waals surface area contributed by atoms with Crippen LogP contribution in [-0.2, 0) is 19.5 Å². The average Bonchev–Trinajstić information content (AvgIpc) is 2.86. The largest absolute Gasteiger partial charge is 0.333 e. The van der Waals surface area contributed by atoms with Gasteiger partial charge in [-0.3, -0.25) is 4.98 Å². The van der Waals surface area contributed by atoms with Crippen LogP contribution in [0.3, 0.4) is 0 Å². The van der Waals surface area contributed by atoms with Gasteiger partial charge in [-0.2, -0.15) is 0 Å². The summed E-state index contributed by atoms with van der Waals surface area (Å²) in [6.45, 7) is 5.08. The van der Waals surface area contributed by atoms with E-state index in [2.05, 4.69) is 38.9 Å². The molecule has 0 radical (unpaired) electrons. The molecular formula is C14H20N4. The molecule has 4 nitrogen and oxygen atoms in total. The smallest absolute Gasteiger partial charge is 0.0948 e. The minimum absolute atomic E-state index is 0.893.